The predicted octanol–water partition coefficient (Wildman–Crippen LogP) is 0.820. The van der Waals surface area contributed by atoms with E-state index in [9.17, 15) is 8.42 Å². The molecule has 1 aromatic rings. The minimum Gasteiger partial charge on any atom is -0.316 e. The fourth-order valence-electron chi connectivity index (χ4n) is 1.90. The molecule has 2 N–H and O–H groups in total. The van der Waals surface area contributed by atoms with Gasteiger partial charge in [-0.15, -0.1) is 11.3 Å². The van der Waals surface area contributed by atoms with Crippen molar-refractivity contribution < 1.29 is 8.42 Å². The lowest BCUT2D eigenvalue weighted by molar-refractivity contribution is 0.538. The van der Waals surface area contributed by atoms with Gasteiger partial charge in [0.1, 0.15) is 0 Å². The second-order valence-corrected chi connectivity index (χ2v) is 7.31. The molecule has 0 saturated carbocycles. The van der Waals surface area contributed by atoms with Crippen LogP contribution in [0.15, 0.2) is 17.5 Å². The normalized spacial score (nSPS) is 20.8. The predicted molar refractivity (Wildman–Crippen MR) is 70.8 cm³/mol. The molecule has 0 amide bonds. The van der Waals surface area contributed by atoms with Crippen molar-refractivity contribution in [3.05, 3.63) is 22.4 Å². The van der Waals surface area contributed by atoms with Crippen molar-refractivity contribution in [2.45, 2.75) is 12.8 Å². The zero-order valence-corrected chi connectivity index (χ0v) is 11.3. The second-order valence-electron chi connectivity index (χ2n) is 4.36. The molecule has 4 nitrogen and oxygen atoms in total. The SMILES string of the molecule is O=S(=O)(CCc1cccs1)NCC1CCNC1. The molecule has 1 fully saturated rings. The van der Waals surface area contributed by atoms with E-state index in [2.05, 4.69) is 10.0 Å². The minimum absolute atomic E-state index is 0.188. The van der Waals surface area contributed by atoms with Gasteiger partial charge in [-0.2, -0.15) is 0 Å². The van der Waals surface area contributed by atoms with E-state index in [-0.39, 0.29) is 5.75 Å². The summed E-state index contributed by atoms with van der Waals surface area (Å²) >= 11 is 1.60. The van der Waals surface area contributed by atoms with Crippen LogP contribution in [0.1, 0.15) is 11.3 Å². The van der Waals surface area contributed by atoms with Gasteiger partial charge >= 0.3 is 0 Å². The first kappa shape index (κ1) is 13.0. The van der Waals surface area contributed by atoms with Crippen LogP contribution in [0.5, 0.6) is 0 Å². The Labute approximate surface area is 106 Å². The van der Waals surface area contributed by atoms with Crippen molar-refractivity contribution in [3.8, 4) is 0 Å². The van der Waals surface area contributed by atoms with Crippen LogP contribution in [0.4, 0.5) is 0 Å². The number of hydrogen-bond donors (Lipinski definition) is 2. The van der Waals surface area contributed by atoms with Gasteiger partial charge < -0.3 is 5.32 Å². The zero-order valence-electron chi connectivity index (χ0n) is 9.69. The van der Waals surface area contributed by atoms with Gasteiger partial charge in [0.15, 0.2) is 0 Å². The summed E-state index contributed by atoms with van der Waals surface area (Å²) in [7, 11) is -3.12. The fourth-order valence-corrected chi connectivity index (χ4v) is 3.86. The van der Waals surface area contributed by atoms with Crippen LogP contribution in [-0.2, 0) is 16.4 Å². The van der Waals surface area contributed by atoms with Crippen LogP contribution in [0.25, 0.3) is 0 Å². The first-order valence-corrected chi connectivity index (χ1v) is 8.39. The largest absolute Gasteiger partial charge is 0.316 e. The van der Waals surface area contributed by atoms with Crippen LogP contribution in [-0.4, -0.2) is 33.8 Å². The third-order valence-electron chi connectivity index (χ3n) is 2.95. The van der Waals surface area contributed by atoms with Crippen LogP contribution in [0.3, 0.4) is 0 Å². The summed E-state index contributed by atoms with van der Waals surface area (Å²) in [4.78, 5) is 1.12. The molecule has 0 radical (unpaired) electrons. The Morgan fingerprint density at radius 3 is 3.06 bits per heavy atom. The maximum atomic E-state index is 11.8. The van der Waals surface area contributed by atoms with Gasteiger partial charge in [-0.1, -0.05) is 6.07 Å². The third kappa shape index (κ3) is 4.39. The zero-order chi connectivity index (χ0) is 12.1. The number of thiophene rings is 1. The van der Waals surface area contributed by atoms with Gasteiger partial charge in [-0.25, -0.2) is 13.1 Å². The van der Waals surface area contributed by atoms with Crippen molar-refractivity contribution in [1.29, 1.82) is 0 Å². The lowest BCUT2D eigenvalue weighted by atomic mass is 10.1. The summed E-state index contributed by atoms with van der Waals surface area (Å²) in [5.74, 6) is 0.639. The van der Waals surface area contributed by atoms with Gasteiger partial charge in [-0.3, -0.25) is 0 Å². The van der Waals surface area contributed by atoms with Crippen LogP contribution in [0.2, 0.25) is 0 Å². The van der Waals surface area contributed by atoms with E-state index in [1.165, 1.54) is 0 Å². The molecule has 2 rings (SSSR count). The Balaban J connectivity index is 1.74. The molecule has 0 aromatic carbocycles. The quantitative estimate of drug-likeness (QED) is 0.807. The van der Waals surface area contributed by atoms with Gasteiger partial charge in [-0.05, 0) is 43.3 Å². The van der Waals surface area contributed by atoms with E-state index in [4.69, 9.17) is 0 Å². The standard InChI is InChI=1S/C11H18N2O2S2/c14-17(15,7-4-11-2-1-6-16-11)13-9-10-3-5-12-8-10/h1-2,6,10,12-13H,3-5,7-9H2. The number of nitrogens with one attached hydrogen (secondary N) is 2. The number of rotatable bonds is 6. The molecule has 0 spiro atoms. The molecular weight excluding hydrogens is 256 g/mol. The number of sulfonamides is 1. The van der Waals surface area contributed by atoms with Gasteiger partial charge in [0.2, 0.25) is 10.0 Å². The maximum Gasteiger partial charge on any atom is 0.211 e. The second kappa shape index (κ2) is 5.95. The first-order chi connectivity index (χ1) is 8.16. The van der Waals surface area contributed by atoms with E-state index in [0.29, 0.717) is 18.9 Å². The highest BCUT2D eigenvalue weighted by atomic mass is 32.2. The van der Waals surface area contributed by atoms with E-state index in [1.54, 1.807) is 11.3 Å². The highest BCUT2D eigenvalue weighted by Gasteiger charge is 2.17. The molecule has 1 unspecified atom stereocenters. The molecule has 1 aliphatic rings. The summed E-state index contributed by atoms with van der Waals surface area (Å²) in [5.41, 5.74) is 0. The van der Waals surface area contributed by atoms with Gasteiger partial charge in [0.25, 0.3) is 0 Å². The number of aryl methyl sites for hydroxylation is 1. The maximum absolute atomic E-state index is 11.8. The average Bonchev–Trinajstić information content (AvgIpc) is 2.97. The monoisotopic (exact) mass is 274 g/mol. The average molecular weight is 274 g/mol. The van der Waals surface area contributed by atoms with Gasteiger partial charge in [0.05, 0.1) is 5.75 Å². The minimum atomic E-state index is -3.12. The lowest BCUT2D eigenvalue weighted by Gasteiger charge is -2.10. The molecule has 1 aromatic heterocycles. The lowest BCUT2D eigenvalue weighted by Crippen LogP contribution is -2.32. The summed E-state index contributed by atoms with van der Waals surface area (Å²) < 4.78 is 26.2. The molecule has 1 atom stereocenters. The summed E-state index contributed by atoms with van der Waals surface area (Å²) in [6.07, 6.45) is 1.67. The molecule has 0 bridgehead atoms. The van der Waals surface area contributed by atoms with Crippen molar-refractivity contribution in [2.24, 2.45) is 5.92 Å². The van der Waals surface area contributed by atoms with Gasteiger partial charge in [0, 0.05) is 11.4 Å². The van der Waals surface area contributed by atoms with E-state index in [1.807, 2.05) is 17.5 Å². The highest BCUT2D eigenvalue weighted by molar-refractivity contribution is 7.89. The van der Waals surface area contributed by atoms with E-state index in [0.717, 1.165) is 24.4 Å². The van der Waals surface area contributed by atoms with Crippen molar-refractivity contribution in [1.82, 2.24) is 10.0 Å². The Morgan fingerprint density at radius 1 is 1.53 bits per heavy atom. The van der Waals surface area contributed by atoms with Crippen molar-refractivity contribution in [3.63, 3.8) is 0 Å². The van der Waals surface area contributed by atoms with Crippen molar-refractivity contribution >= 4 is 21.4 Å². The first-order valence-electron chi connectivity index (χ1n) is 5.86. The van der Waals surface area contributed by atoms with Crippen molar-refractivity contribution in [2.75, 3.05) is 25.4 Å². The smallest absolute Gasteiger partial charge is 0.211 e. The fraction of sp³-hybridized carbons (Fsp3) is 0.636. The summed E-state index contributed by atoms with van der Waals surface area (Å²) in [6.45, 7) is 2.49. The summed E-state index contributed by atoms with van der Waals surface area (Å²) in [6, 6.07) is 3.92. The number of hydrogen-bond acceptors (Lipinski definition) is 4. The Bertz CT molecular complexity index is 422. The molecule has 1 saturated heterocycles. The Morgan fingerprint density at radius 2 is 2.41 bits per heavy atom. The molecule has 6 heteroatoms. The third-order valence-corrected chi connectivity index (χ3v) is 5.24. The molecule has 96 valence electrons. The van der Waals surface area contributed by atoms with E-state index < -0.39 is 10.0 Å². The molecule has 17 heavy (non-hydrogen) atoms. The molecule has 2 heterocycles. The molecular formula is C11H18N2O2S2. The van der Waals surface area contributed by atoms with Crippen LogP contribution >= 0.6 is 11.3 Å². The Hall–Kier alpha value is -0.430. The van der Waals surface area contributed by atoms with Crippen LogP contribution < -0.4 is 10.0 Å². The molecule has 1 aliphatic heterocycles. The summed E-state index contributed by atoms with van der Waals surface area (Å²) in [5, 5.41) is 5.20. The van der Waals surface area contributed by atoms with E-state index >= 15 is 0 Å². The topological polar surface area (TPSA) is 58.2 Å². The molecule has 0 aliphatic carbocycles. The highest BCUT2D eigenvalue weighted by Crippen LogP contribution is 2.10. The Kier molecular flexibility index (Phi) is 4.55. The van der Waals surface area contributed by atoms with Crippen LogP contribution in [0, 0.1) is 5.92 Å².